The lowest BCUT2D eigenvalue weighted by Crippen LogP contribution is -2.27. The molecule has 1 aliphatic carbocycles. The Kier molecular flexibility index (Phi) is 4.95. The van der Waals surface area contributed by atoms with E-state index in [0.717, 1.165) is 54.7 Å². The Hall–Kier alpha value is -2.30. The molecule has 1 aliphatic rings. The minimum Gasteiger partial charge on any atom is -0.494 e. The Morgan fingerprint density at radius 1 is 1.26 bits per heavy atom. The first kappa shape index (κ1) is 15.6. The van der Waals surface area contributed by atoms with Gasteiger partial charge >= 0.3 is 0 Å². The van der Waals surface area contributed by atoms with Crippen molar-refractivity contribution < 1.29 is 14.1 Å². The second-order valence-electron chi connectivity index (χ2n) is 5.72. The summed E-state index contributed by atoms with van der Waals surface area (Å²) in [7, 11) is 0. The smallest absolute Gasteiger partial charge is 0.273 e. The molecule has 0 unspecified atom stereocenters. The van der Waals surface area contributed by atoms with E-state index in [1.807, 2.05) is 31.2 Å². The first-order valence-corrected chi connectivity index (χ1v) is 8.25. The number of hydrogen-bond donors (Lipinski definition) is 1. The minimum atomic E-state index is -0.136. The van der Waals surface area contributed by atoms with Gasteiger partial charge in [0.2, 0.25) is 0 Å². The number of hydrogen-bond acceptors (Lipinski definition) is 4. The molecule has 0 radical (unpaired) electrons. The van der Waals surface area contributed by atoms with Crippen molar-refractivity contribution in [2.45, 2.75) is 39.0 Å². The van der Waals surface area contributed by atoms with Crippen LogP contribution in [0.5, 0.6) is 5.75 Å². The fraction of sp³-hybridized carbons (Fsp3) is 0.444. The molecule has 1 N–H and O–H groups in total. The van der Waals surface area contributed by atoms with Crippen LogP contribution in [0, 0.1) is 0 Å². The van der Waals surface area contributed by atoms with E-state index < -0.39 is 0 Å². The number of aryl methyl sites for hydroxylation is 1. The Morgan fingerprint density at radius 2 is 2.04 bits per heavy atom. The maximum atomic E-state index is 12.3. The van der Waals surface area contributed by atoms with Crippen LogP contribution in [-0.4, -0.2) is 24.2 Å². The molecular weight excluding hydrogens is 292 g/mol. The topological polar surface area (TPSA) is 64.4 Å². The first-order chi connectivity index (χ1) is 11.3. The molecule has 3 rings (SSSR count). The summed E-state index contributed by atoms with van der Waals surface area (Å²) in [5.74, 6) is 1.62. The van der Waals surface area contributed by atoms with Gasteiger partial charge in [-0.3, -0.25) is 4.79 Å². The van der Waals surface area contributed by atoms with Gasteiger partial charge in [-0.15, -0.1) is 0 Å². The van der Waals surface area contributed by atoms with E-state index in [9.17, 15) is 4.79 Å². The van der Waals surface area contributed by atoms with Gasteiger partial charge in [-0.1, -0.05) is 17.3 Å². The monoisotopic (exact) mass is 314 g/mol. The molecule has 5 nitrogen and oxygen atoms in total. The molecule has 0 bridgehead atoms. The summed E-state index contributed by atoms with van der Waals surface area (Å²) in [6.45, 7) is 3.21. The number of ether oxygens (including phenoxy) is 1. The first-order valence-electron chi connectivity index (χ1n) is 8.25. The SMILES string of the molecule is CCOc1ccc(CCNC(=O)c2noc3c2CCCC3)cc1. The summed E-state index contributed by atoms with van der Waals surface area (Å²) < 4.78 is 10.7. The van der Waals surface area contributed by atoms with Crippen molar-refractivity contribution in [3.05, 3.63) is 46.8 Å². The number of carbonyl (C=O) groups is 1. The highest BCUT2D eigenvalue weighted by Crippen LogP contribution is 2.24. The fourth-order valence-corrected chi connectivity index (χ4v) is 2.89. The third-order valence-corrected chi connectivity index (χ3v) is 4.10. The van der Waals surface area contributed by atoms with Gasteiger partial charge in [0.1, 0.15) is 11.5 Å². The molecular formula is C18H22N2O3. The standard InChI is InChI=1S/C18H22N2O3/c1-2-22-14-9-7-13(8-10-14)11-12-19-18(21)17-15-5-3-4-6-16(15)23-20-17/h7-10H,2-6,11-12H2,1H3,(H,19,21). The molecule has 0 aliphatic heterocycles. The molecule has 122 valence electrons. The average Bonchev–Trinajstić information content (AvgIpc) is 3.01. The van der Waals surface area contributed by atoms with Crippen LogP contribution in [0.2, 0.25) is 0 Å². The zero-order chi connectivity index (χ0) is 16.1. The average molecular weight is 314 g/mol. The molecule has 5 heteroatoms. The van der Waals surface area contributed by atoms with Crippen LogP contribution < -0.4 is 10.1 Å². The third kappa shape index (κ3) is 3.73. The van der Waals surface area contributed by atoms with Gasteiger partial charge in [-0.05, 0) is 50.3 Å². The van der Waals surface area contributed by atoms with Crippen LogP contribution in [0.1, 0.15) is 47.1 Å². The van der Waals surface area contributed by atoms with Crippen LogP contribution in [0.4, 0.5) is 0 Å². The van der Waals surface area contributed by atoms with Crippen molar-refractivity contribution in [1.82, 2.24) is 10.5 Å². The number of carbonyl (C=O) groups excluding carboxylic acids is 1. The van der Waals surface area contributed by atoms with Crippen LogP contribution in [-0.2, 0) is 19.3 Å². The third-order valence-electron chi connectivity index (χ3n) is 4.10. The van der Waals surface area contributed by atoms with Gasteiger partial charge in [-0.2, -0.15) is 0 Å². The van der Waals surface area contributed by atoms with Gasteiger partial charge in [0.25, 0.3) is 5.91 Å². The maximum absolute atomic E-state index is 12.3. The highest BCUT2D eigenvalue weighted by atomic mass is 16.5. The molecule has 23 heavy (non-hydrogen) atoms. The van der Waals surface area contributed by atoms with Crippen LogP contribution in [0.25, 0.3) is 0 Å². The molecule has 0 fully saturated rings. The van der Waals surface area contributed by atoms with E-state index in [2.05, 4.69) is 10.5 Å². The predicted molar refractivity (Wildman–Crippen MR) is 86.8 cm³/mol. The second kappa shape index (κ2) is 7.31. The lowest BCUT2D eigenvalue weighted by atomic mass is 9.96. The number of nitrogens with zero attached hydrogens (tertiary/aromatic N) is 1. The quantitative estimate of drug-likeness (QED) is 0.890. The van der Waals surface area contributed by atoms with Crippen molar-refractivity contribution in [3.63, 3.8) is 0 Å². The lowest BCUT2D eigenvalue weighted by molar-refractivity contribution is 0.0944. The number of benzene rings is 1. The van der Waals surface area contributed by atoms with Crippen molar-refractivity contribution in [1.29, 1.82) is 0 Å². The molecule has 0 atom stereocenters. The Bertz CT molecular complexity index is 661. The van der Waals surface area contributed by atoms with Crippen LogP contribution in [0.3, 0.4) is 0 Å². The Balaban J connectivity index is 1.52. The Labute approximate surface area is 136 Å². The number of aromatic nitrogens is 1. The van der Waals surface area contributed by atoms with E-state index in [1.54, 1.807) is 0 Å². The van der Waals surface area contributed by atoms with Gasteiger partial charge in [0.15, 0.2) is 5.69 Å². The van der Waals surface area contributed by atoms with Gasteiger partial charge < -0.3 is 14.6 Å². The molecule has 1 aromatic carbocycles. The van der Waals surface area contributed by atoms with Crippen molar-refractivity contribution in [2.24, 2.45) is 0 Å². The molecule has 0 saturated carbocycles. The summed E-state index contributed by atoms with van der Waals surface area (Å²) >= 11 is 0. The summed E-state index contributed by atoms with van der Waals surface area (Å²) in [5, 5.41) is 6.88. The second-order valence-corrected chi connectivity index (χ2v) is 5.72. The molecule has 0 spiro atoms. The number of nitrogens with one attached hydrogen (secondary N) is 1. The van der Waals surface area contributed by atoms with E-state index in [0.29, 0.717) is 18.8 Å². The maximum Gasteiger partial charge on any atom is 0.273 e. The van der Waals surface area contributed by atoms with Crippen LogP contribution >= 0.6 is 0 Å². The number of amides is 1. The van der Waals surface area contributed by atoms with E-state index in [1.165, 1.54) is 0 Å². The molecule has 2 aromatic rings. The summed E-state index contributed by atoms with van der Waals surface area (Å²) in [5.41, 5.74) is 2.62. The Morgan fingerprint density at radius 3 is 2.83 bits per heavy atom. The van der Waals surface area contributed by atoms with E-state index >= 15 is 0 Å². The molecule has 1 heterocycles. The zero-order valence-electron chi connectivity index (χ0n) is 13.4. The van der Waals surface area contributed by atoms with Gasteiger partial charge in [0, 0.05) is 18.5 Å². The van der Waals surface area contributed by atoms with Gasteiger partial charge in [-0.25, -0.2) is 0 Å². The van der Waals surface area contributed by atoms with Crippen LogP contribution in [0.15, 0.2) is 28.8 Å². The highest BCUT2D eigenvalue weighted by molar-refractivity contribution is 5.93. The minimum absolute atomic E-state index is 0.136. The molecule has 1 amide bonds. The van der Waals surface area contributed by atoms with Gasteiger partial charge in [0.05, 0.1) is 6.61 Å². The van der Waals surface area contributed by atoms with E-state index in [4.69, 9.17) is 9.26 Å². The highest BCUT2D eigenvalue weighted by Gasteiger charge is 2.23. The van der Waals surface area contributed by atoms with Crippen molar-refractivity contribution >= 4 is 5.91 Å². The van der Waals surface area contributed by atoms with Crippen molar-refractivity contribution in [3.8, 4) is 5.75 Å². The lowest BCUT2D eigenvalue weighted by Gasteiger charge is -2.09. The summed E-state index contributed by atoms with van der Waals surface area (Å²) in [4.78, 5) is 12.3. The summed E-state index contributed by atoms with van der Waals surface area (Å²) in [6, 6.07) is 7.95. The fourth-order valence-electron chi connectivity index (χ4n) is 2.89. The van der Waals surface area contributed by atoms with Crippen molar-refractivity contribution in [2.75, 3.05) is 13.2 Å². The number of fused-ring (bicyclic) bond motifs is 1. The predicted octanol–water partition coefficient (Wildman–Crippen LogP) is 2.92. The summed E-state index contributed by atoms with van der Waals surface area (Å²) in [6.07, 6.45) is 4.77. The number of rotatable bonds is 6. The molecule has 1 aromatic heterocycles. The van der Waals surface area contributed by atoms with E-state index in [-0.39, 0.29) is 5.91 Å². The molecule has 0 saturated heterocycles. The largest absolute Gasteiger partial charge is 0.494 e. The zero-order valence-corrected chi connectivity index (χ0v) is 13.4. The normalized spacial score (nSPS) is 13.4.